The number of carbonyl (C=O) groups is 1. The average molecular weight is 340 g/mol. The summed E-state index contributed by atoms with van der Waals surface area (Å²) in [5.74, 6) is -0.0449. The van der Waals surface area contributed by atoms with Gasteiger partial charge >= 0.3 is 6.03 Å². The van der Waals surface area contributed by atoms with E-state index in [1.54, 1.807) is 11.1 Å². The number of aromatic nitrogens is 1. The Labute approximate surface area is 144 Å². The first kappa shape index (κ1) is 15.6. The smallest absolute Gasteiger partial charge is 0.341 e. The summed E-state index contributed by atoms with van der Waals surface area (Å²) in [5, 5.41) is 5.77. The van der Waals surface area contributed by atoms with Crippen LogP contribution in [0.25, 0.3) is 0 Å². The minimum absolute atomic E-state index is 0.0602. The molecule has 0 aliphatic carbocycles. The van der Waals surface area contributed by atoms with Crippen molar-refractivity contribution in [2.24, 2.45) is 5.10 Å². The van der Waals surface area contributed by atoms with Crippen molar-refractivity contribution in [2.45, 2.75) is 18.6 Å². The van der Waals surface area contributed by atoms with Gasteiger partial charge in [-0.2, -0.15) is 9.49 Å². The van der Waals surface area contributed by atoms with Gasteiger partial charge in [0.1, 0.15) is 11.9 Å². The van der Waals surface area contributed by atoms with Gasteiger partial charge in [0.25, 0.3) is 0 Å². The topological polar surface area (TPSA) is 58.0 Å². The fourth-order valence-corrected chi connectivity index (χ4v) is 2.99. The normalized spacial score (nSPS) is 19.8. The summed E-state index contributed by atoms with van der Waals surface area (Å²) in [6.45, 7) is 0.952. The fourth-order valence-electron chi connectivity index (χ4n) is 2.99. The third-order valence-electron chi connectivity index (χ3n) is 4.33. The highest BCUT2D eigenvalue weighted by atomic mass is 19.1. The molecule has 4 rings (SSSR count). The van der Waals surface area contributed by atoms with E-state index < -0.39 is 5.95 Å². The second-order valence-electron chi connectivity index (χ2n) is 6.05. The van der Waals surface area contributed by atoms with Crippen molar-refractivity contribution in [1.29, 1.82) is 0 Å². The molecular weight excluding hydrogens is 323 g/mol. The molecule has 3 heterocycles. The Kier molecular flexibility index (Phi) is 4.05. The third-order valence-corrected chi connectivity index (χ3v) is 4.33. The number of urea groups is 1. The van der Waals surface area contributed by atoms with Crippen LogP contribution in [-0.4, -0.2) is 46.3 Å². The first-order valence-corrected chi connectivity index (χ1v) is 8.14. The van der Waals surface area contributed by atoms with Gasteiger partial charge in [0.05, 0.1) is 25.3 Å². The zero-order valence-corrected chi connectivity index (χ0v) is 13.5. The molecule has 6 nitrogen and oxygen atoms in total. The zero-order chi connectivity index (χ0) is 17.2. The minimum Gasteiger partial charge on any atom is -0.485 e. The Morgan fingerprint density at radius 3 is 2.68 bits per heavy atom. The number of pyridine rings is 1. The molecule has 0 spiro atoms. The number of benzene rings is 1. The molecule has 1 saturated heterocycles. The van der Waals surface area contributed by atoms with Crippen LogP contribution in [0.5, 0.6) is 5.75 Å². The summed E-state index contributed by atoms with van der Waals surface area (Å²) in [6, 6.07) is 12.5. The van der Waals surface area contributed by atoms with Crippen molar-refractivity contribution in [3.8, 4) is 5.75 Å². The molecule has 25 heavy (non-hydrogen) atoms. The van der Waals surface area contributed by atoms with Crippen LogP contribution in [0.3, 0.4) is 0 Å². The molecule has 1 aromatic heterocycles. The molecule has 0 saturated carbocycles. The maximum Gasteiger partial charge on any atom is 0.341 e. The molecule has 128 valence electrons. The van der Waals surface area contributed by atoms with Crippen molar-refractivity contribution in [3.63, 3.8) is 0 Å². The predicted octanol–water partition coefficient (Wildman–Crippen LogP) is 2.84. The summed E-state index contributed by atoms with van der Waals surface area (Å²) in [5.41, 5.74) is 1.07. The summed E-state index contributed by atoms with van der Waals surface area (Å²) < 4.78 is 18.5. The molecule has 1 fully saturated rings. The second-order valence-corrected chi connectivity index (χ2v) is 6.05. The van der Waals surface area contributed by atoms with E-state index in [2.05, 4.69) is 10.1 Å². The van der Waals surface area contributed by atoms with Crippen molar-refractivity contribution >= 4 is 12.2 Å². The number of hydrazone groups is 1. The summed E-state index contributed by atoms with van der Waals surface area (Å²) in [4.78, 5) is 17.9. The zero-order valence-electron chi connectivity index (χ0n) is 13.5. The van der Waals surface area contributed by atoms with Gasteiger partial charge in [-0.25, -0.2) is 14.8 Å². The molecule has 1 aromatic carbocycles. The van der Waals surface area contributed by atoms with E-state index in [0.717, 1.165) is 5.56 Å². The van der Waals surface area contributed by atoms with Crippen LogP contribution in [0, 0.1) is 5.95 Å². The van der Waals surface area contributed by atoms with Gasteiger partial charge in [0, 0.05) is 12.6 Å². The average Bonchev–Trinajstić information content (AvgIpc) is 3.09. The van der Waals surface area contributed by atoms with Crippen LogP contribution in [0.2, 0.25) is 0 Å². The number of likely N-dealkylation sites (tertiary alicyclic amines) is 1. The van der Waals surface area contributed by atoms with E-state index >= 15 is 0 Å². The minimum atomic E-state index is -0.545. The molecule has 0 bridgehead atoms. The van der Waals surface area contributed by atoms with Crippen molar-refractivity contribution in [1.82, 2.24) is 14.9 Å². The molecule has 2 aromatic rings. The highest BCUT2D eigenvalue weighted by Gasteiger charge is 2.38. The van der Waals surface area contributed by atoms with Gasteiger partial charge in [-0.05, 0) is 17.7 Å². The van der Waals surface area contributed by atoms with Gasteiger partial charge in [-0.15, -0.1) is 0 Å². The van der Waals surface area contributed by atoms with Gasteiger partial charge < -0.3 is 9.64 Å². The molecule has 0 N–H and O–H groups in total. The number of hydrogen-bond donors (Lipinski definition) is 0. The van der Waals surface area contributed by atoms with E-state index in [1.165, 1.54) is 23.3 Å². The van der Waals surface area contributed by atoms with E-state index in [-0.39, 0.29) is 18.2 Å². The Balaban J connectivity index is 1.35. The lowest BCUT2D eigenvalue weighted by Crippen LogP contribution is -2.58. The molecular formula is C18H17FN4O2. The monoisotopic (exact) mass is 340 g/mol. The first-order chi connectivity index (χ1) is 12.2. The second kappa shape index (κ2) is 6.51. The van der Waals surface area contributed by atoms with E-state index in [1.807, 2.05) is 30.3 Å². The highest BCUT2D eigenvalue weighted by Crippen LogP contribution is 2.30. The number of hydrogen-bond acceptors (Lipinski definition) is 4. The van der Waals surface area contributed by atoms with Crippen molar-refractivity contribution in [3.05, 3.63) is 60.2 Å². The van der Waals surface area contributed by atoms with Crippen LogP contribution in [0.1, 0.15) is 18.0 Å². The van der Waals surface area contributed by atoms with Crippen molar-refractivity contribution < 1.29 is 13.9 Å². The number of ether oxygens (including phenoxy) is 1. The first-order valence-electron chi connectivity index (χ1n) is 8.14. The number of halogens is 1. The highest BCUT2D eigenvalue weighted by molar-refractivity contribution is 5.79. The van der Waals surface area contributed by atoms with E-state index in [9.17, 15) is 9.18 Å². The Bertz CT molecular complexity index is 775. The number of amides is 2. The molecule has 7 heteroatoms. The maximum atomic E-state index is 12.8. The molecule has 2 aliphatic rings. The Morgan fingerprint density at radius 2 is 1.96 bits per heavy atom. The van der Waals surface area contributed by atoms with Gasteiger partial charge in [-0.1, -0.05) is 30.3 Å². The fraction of sp³-hybridized carbons (Fsp3) is 0.278. The van der Waals surface area contributed by atoms with Gasteiger partial charge in [0.15, 0.2) is 0 Å². The predicted molar refractivity (Wildman–Crippen MR) is 89.7 cm³/mol. The molecule has 0 radical (unpaired) electrons. The van der Waals surface area contributed by atoms with Gasteiger partial charge in [0.2, 0.25) is 5.95 Å². The van der Waals surface area contributed by atoms with Crippen LogP contribution < -0.4 is 4.74 Å². The van der Waals surface area contributed by atoms with Crippen LogP contribution >= 0.6 is 0 Å². The van der Waals surface area contributed by atoms with E-state index in [0.29, 0.717) is 25.3 Å². The standard InChI is InChI=1S/C18H17FN4O2/c19-17-7-6-14(10-20-17)25-15-11-22(12-15)18(24)23-16(8-9-21-23)13-4-2-1-3-5-13/h1-7,9-10,15-16H,8,11-12H2. The number of nitrogens with zero attached hydrogens (tertiary/aromatic N) is 4. The van der Waals surface area contributed by atoms with Crippen LogP contribution in [0.4, 0.5) is 9.18 Å². The Morgan fingerprint density at radius 1 is 1.16 bits per heavy atom. The van der Waals surface area contributed by atoms with Crippen LogP contribution in [-0.2, 0) is 0 Å². The lowest BCUT2D eigenvalue weighted by molar-refractivity contribution is 0.0275. The SMILES string of the molecule is O=C(N1CC(Oc2ccc(F)nc2)C1)N1N=CCC1c1ccccc1. The maximum absolute atomic E-state index is 12.8. The van der Waals surface area contributed by atoms with E-state index in [4.69, 9.17) is 4.74 Å². The molecule has 1 unspecified atom stereocenters. The lowest BCUT2D eigenvalue weighted by atomic mass is 10.0. The summed E-state index contributed by atoms with van der Waals surface area (Å²) in [6.07, 6.45) is 3.71. The number of carbonyl (C=O) groups excluding carboxylic acids is 1. The van der Waals surface area contributed by atoms with Crippen LogP contribution in [0.15, 0.2) is 53.8 Å². The largest absolute Gasteiger partial charge is 0.485 e. The third kappa shape index (κ3) is 3.17. The Hall–Kier alpha value is -2.96. The molecule has 2 amide bonds. The molecule has 1 atom stereocenters. The van der Waals surface area contributed by atoms with Gasteiger partial charge in [-0.3, -0.25) is 0 Å². The summed E-state index contributed by atoms with van der Waals surface area (Å²) >= 11 is 0. The van der Waals surface area contributed by atoms with Crippen molar-refractivity contribution in [2.75, 3.05) is 13.1 Å². The summed E-state index contributed by atoms with van der Waals surface area (Å²) in [7, 11) is 0. The quantitative estimate of drug-likeness (QED) is 0.808. The molecule has 2 aliphatic heterocycles. The lowest BCUT2D eigenvalue weighted by Gasteiger charge is -2.40. The number of rotatable bonds is 3.